The Hall–Kier alpha value is -2.43. The molecule has 1 atom stereocenters. The molecule has 1 aromatic carbocycles. The SMILES string of the molecule is COc1ncc(C(=O)N2CC(c3ccccc3)CC2(C)C)cn1. The molecule has 1 aliphatic rings. The number of carbonyl (C=O) groups excluding carboxylic acids is 1. The fourth-order valence-corrected chi connectivity index (χ4v) is 3.24. The van der Waals surface area contributed by atoms with Crippen LogP contribution in [-0.4, -0.2) is 40.0 Å². The lowest BCUT2D eigenvalue weighted by atomic mass is 9.91. The smallest absolute Gasteiger partial charge is 0.316 e. The van der Waals surface area contributed by atoms with Crippen molar-refractivity contribution < 1.29 is 9.53 Å². The molecule has 0 aliphatic carbocycles. The molecule has 1 unspecified atom stereocenters. The van der Waals surface area contributed by atoms with Crippen LogP contribution < -0.4 is 4.74 Å². The van der Waals surface area contributed by atoms with Crippen molar-refractivity contribution in [3.8, 4) is 6.01 Å². The van der Waals surface area contributed by atoms with Crippen LogP contribution in [0.25, 0.3) is 0 Å². The molecule has 1 amide bonds. The van der Waals surface area contributed by atoms with Gasteiger partial charge in [0.2, 0.25) is 0 Å². The second-order valence-electron chi connectivity index (χ2n) is 6.50. The van der Waals surface area contributed by atoms with Crippen molar-refractivity contribution in [2.75, 3.05) is 13.7 Å². The third-order valence-corrected chi connectivity index (χ3v) is 4.45. The minimum Gasteiger partial charge on any atom is -0.467 e. The maximum atomic E-state index is 12.8. The van der Waals surface area contributed by atoms with Crippen LogP contribution in [0.1, 0.15) is 42.1 Å². The zero-order valence-corrected chi connectivity index (χ0v) is 13.7. The summed E-state index contributed by atoms with van der Waals surface area (Å²) < 4.78 is 4.94. The van der Waals surface area contributed by atoms with Crippen molar-refractivity contribution in [3.05, 3.63) is 53.9 Å². The van der Waals surface area contributed by atoms with Crippen LogP contribution in [-0.2, 0) is 0 Å². The molecule has 2 heterocycles. The van der Waals surface area contributed by atoms with E-state index in [4.69, 9.17) is 4.74 Å². The third-order valence-electron chi connectivity index (χ3n) is 4.45. The molecule has 1 fully saturated rings. The molecule has 1 saturated heterocycles. The van der Waals surface area contributed by atoms with Gasteiger partial charge in [-0.05, 0) is 25.8 Å². The van der Waals surface area contributed by atoms with Crippen molar-refractivity contribution >= 4 is 5.91 Å². The number of amides is 1. The Balaban J connectivity index is 1.82. The summed E-state index contributed by atoms with van der Waals surface area (Å²) >= 11 is 0. The molecule has 3 rings (SSSR count). The zero-order chi connectivity index (χ0) is 16.4. The molecular formula is C18H21N3O2. The summed E-state index contributed by atoms with van der Waals surface area (Å²) in [5.41, 5.74) is 1.58. The van der Waals surface area contributed by atoms with E-state index in [9.17, 15) is 4.79 Å². The number of carbonyl (C=O) groups is 1. The Labute approximate surface area is 136 Å². The van der Waals surface area contributed by atoms with E-state index in [0.717, 1.165) is 6.42 Å². The number of nitrogens with zero attached hydrogens (tertiary/aromatic N) is 3. The summed E-state index contributed by atoms with van der Waals surface area (Å²) in [6.45, 7) is 4.93. The van der Waals surface area contributed by atoms with Gasteiger partial charge in [-0.1, -0.05) is 30.3 Å². The lowest BCUT2D eigenvalue weighted by Crippen LogP contribution is -2.42. The minimum atomic E-state index is -0.197. The van der Waals surface area contributed by atoms with Gasteiger partial charge < -0.3 is 9.64 Å². The highest BCUT2D eigenvalue weighted by molar-refractivity contribution is 5.94. The van der Waals surface area contributed by atoms with Gasteiger partial charge in [-0.2, -0.15) is 0 Å². The van der Waals surface area contributed by atoms with E-state index < -0.39 is 0 Å². The van der Waals surface area contributed by atoms with Gasteiger partial charge in [-0.25, -0.2) is 9.97 Å². The van der Waals surface area contributed by atoms with Crippen LogP contribution in [0.4, 0.5) is 0 Å². The van der Waals surface area contributed by atoms with E-state index >= 15 is 0 Å². The molecule has 1 aliphatic heterocycles. The molecule has 0 bridgehead atoms. The molecule has 0 saturated carbocycles. The second kappa shape index (κ2) is 5.99. The maximum absolute atomic E-state index is 12.8. The van der Waals surface area contributed by atoms with E-state index in [2.05, 4.69) is 35.9 Å². The van der Waals surface area contributed by atoms with E-state index in [-0.39, 0.29) is 17.5 Å². The average Bonchev–Trinajstić information content (AvgIpc) is 2.90. The molecule has 120 valence electrons. The van der Waals surface area contributed by atoms with Gasteiger partial charge in [0, 0.05) is 30.4 Å². The number of ether oxygens (including phenoxy) is 1. The van der Waals surface area contributed by atoms with Crippen molar-refractivity contribution in [2.24, 2.45) is 0 Å². The molecule has 0 radical (unpaired) electrons. The summed E-state index contributed by atoms with van der Waals surface area (Å²) in [4.78, 5) is 22.8. The molecule has 5 heteroatoms. The fourth-order valence-electron chi connectivity index (χ4n) is 3.24. The highest BCUT2D eigenvalue weighted by Crippen LogP contribution is 2.39. The van der Waals surface area contributed by atoms with Gasteiger partial charge in [0.25, 0.3) is 5.91 Å². The number of hydrogen-bond acceptors (Lipinski definition) is 4. The van der Waals surface area contributed by atoms with E-state index in [0.29, 0.717) is 18.0 Å². The number of methoxy groups -OCH3 is 1. The fraction of sp³-hybridized carbons (Fsp3) is 0.389. The van der Waals surface area contributed by atoms with Gasteiger partial charge in [-0.3, -0.25) is 4.79 Å². The normalized spacial score (nSPS) is 19.6. The van der Waals surface area contributed by atoms with Gasteiger partial charge >= 0.3 is 6.01 Å². The van der Waals surface area contributed by atoms with E-state index in [1.807, 2.05) is 23.1 Å². The van der Waals surface area contributed by atoms with Crippen LogP contribution in [0, 0.1) is 0 Å². The van der Waals surface area contributed by atoms with Gasteiger partial charge in [0.05, 0.1) is 12.7 Å². The first-order chi connectivity index (χ1) is 11.0. The summed E-state index contributed by atoms with van der Waals surface area (Å²) in [6.07, 6.45) is 4.00. The van der Waals surface area contributed by atoms with Crippen LogP contribution in [0.2, 0.25) is 0 Å². The lowest BCUT2D eigenvalue weighted by molar-refractivity contribution is 0.0650. The molecule has 23 heavy (non-hydrogen) atoms. The predicted octanol–water partition coefficient (Wildman–Crippen LogP) is 2.89. The Kier molecular flexibility index (Phi) is 4.03. The van der Waals surface area contributed by atoms with E-state index in [1.54, 1.807) is 0 Å². The maximum Gasteiger partial charge on any atom is 0.316 e. The van der Waals surface area contributed by atoms with E-state index in [1.165, 1.54) is 25.1 Å². The first kappa shape index (κ1) is 15.5. The highest BCUT2D eigenvalue weighted by atomic mass is 16.5. The lowest BCUT2D eigenvalue weighted by Gasteiger charge is -2.31. The number of rotatable bonds is 3. The third kappa shape index (κ3) is 3.04. The molecule has 5 nitrogen and oxygen atoms in total. The first-order valence-electron chi connectivity index (χ1n) is 7.74. The topological polar surface area (TPSA) is 55.3 Å². The quantitative estimate of drug-likeness (QED) is 0.874. The molecular weight excluding hydrogens is 290 g/mol. The summed E-state index contributed by atoms with van der Waals surface area (Å²) in [5.74, 6) is 0.324. The Morgan fingerprint density at radius 2 is 1.87 bits per heavy atom. The van der Waals surface area contributed by atoms with Crippen LogP contribution in [0.3, 0.4) is 0 Å². The monoisotopic (exact) mass is 311 g/mol. The van der Waals surface area contributed by atoms with Crippen LogP contribution >= 0.6 is 0 Å². The van der Waals surface area contributed by atoms with Crippen molar-refractivity contribution in [2.45, 2.75) is 31.7 Å². The van der Waals surface area contributed by atoms with Crippen LogP contribution in [0.5, 0.6) is 6.01 Å². The van der Waals surface area contributed by atoms with Crippen molar-refractivity contribution in [3.63, 3.8) is 0 Å². The number of likely N-dealkylation sites (tertiary alicyclic amines) is 1. The largest absolute Gasteiger partial charge is 0.467 e. The Morgan fingerprint density at radius 1 is 1.22 bits per heavy atom. The zero-order valence-electron chi connectivity index (χ0n) is 13.7. The molecule has 0 N–H and O–H groups in total. The van der Waals surface area contributed by atoms with Crippen molar-refractivity contribution in [1.82, 2.24) is 14.9 Å². The average molecular weight is 311 g/mol. The standard InChI is InChI=1S/C18H21N3O2/c1-18(2)9-14(13-7-5-4-6-8-13)12-21(18)16(22)15-10-19-17(23-3)20-11-15/h4-8,10-11,14H,9,12H2,1-3H3. The molecule has 1 aromatic heterocycles. The van der Waals surface area contributed by atoms with Gasteiger partial charge in [0.1, 0.15) is 0 Å². The van der Waals surface area contributed by atoms with Gasteiger partial charge in [0.15, 0.2) is 0 Å². The number of hydrogen-bond donors (Lipinski definition) is 0. The van der Waals surface area contributed by atoms with Gasteiger partial charge in [-0.15, -0.1) is 0 Å². The number of aromatic nitrogens is 2. The summed E-state index contributed by atoms with van der Waals surface area (Å²) in [5, 5.41) is 0. The van der Waals surface area contributed by atoms with Crippen LogP contribution in [0.15, 0.2) is 42.7 Å². The van der Waals surface area contributed by atoms with Crippen molar-refractivity contribution in [1.29, 1.82) is 0 Å². The summed E-state index contributed by atoms with van der Waals surface area (Å²) in [6, 6.07) is 10.6. The predicted molar refractivity (Wildman–Crippen MR) is 87.5 cm³/mol. The molecule has 2 aromatic rings. The molecule has 0 spiro atoms. The second-order valence-corrected chi connectivity index (χ2v) is 6.50. The minimum absolute atomic E-state index is 0.0314. The highest BCUT2D eigenvalue weighted by Gasteiger charge is 2.41. The Morgan fingerprint density at radius 3 is 2.48 bits per heavy atom. The summed E-state index contributed by atoms with van der Waals surface area (Å²) in [7, 11) is 1.50. The number of benzene rings is 1. The Bertz CT molecular complexity index is 683. The first-order valence-corrected chi connectivity index (χ1v) is 7.74.